The first-order valence-corrected chi connectivity index (χ1v) is 7.15. The summed E-state index contributed by atoms with van der Waals surface area (Å²) in [6.07, 6.45) is 3.67. The molecule has 0 aliphatic carbocycles. The summed E-state index contributed by atoms with van der Waals surface area (Å²) in [7, 11) is 0. The topological polar surface area (TPSA) is 48.1 Å². The minimum atomic E-state index is -0.0598. The van der Waals surface area contributed by atoms with Crippen LogP contribution in [0.25, 0.3) is 0 Å². The van der Waals surface area contributed by atoms with Gasteiger partial charge in [-0.2, -0.15) is 0 Å². The van der Waals surface area contributed by atoms with Crippen LogP contribution in [0.5, 0.6) is 5.75 Å². The van der Waals surface area contributed by atoms with Crippen LogP contribution < -0.4 is 10.5 Å². The molecule has 2 aromatic rings. The minimum Gasteiger partial charge on any atom is -0.494 e. The number of nitrogens with two attached hydrogens (primary N) is 1. The molecule has 0 fully saturated rings. The Morgan fingerprint density at radius 3 is 2.70 bits per heavy atom. The lowest BCUT2D eigenvalue weighted by molar-refractivity contribution is 0.339. The van der Waals surface area contributed by atoms with E-state index in [9.17, 15) is 0 Å². The Hall–Kier alpha value is -1.87. The van der Waals surface area contributed by atoms with E-state index in [-0.39, 0.29) is 6.04 Å². The molecule has 106 valence electrons. The van der Waals surface area contributed by atoms with Crippen LogP contribution in [0.2, 0.25) is 0 Å². The fourth-order valence-electron chi connectivity index (χ4n) is 2.13. The van der Waals surface area contributed by atoms with E-state index in [1.54, 1.807) is 0 Å². The van der Waals surface area contributed by atoms with E-state index in [1.807, 2.05) is 37.4 Å². The molecule has 2 rings (SSSR count). The Morgan fingerprint density at radius 2 is 2.05 bits per heavy atom. The van der Waals surface area contributed by atoms with Crippen LogP contribution >= 0.6 is 0 Å². The number of aryl methyl sites for hydroxylation is 1. The van der Waals surface area contributed by atoms with Gasteiger partial charge >= 0.3 is 0 Å². The van der Waals surface area contributed by atoms with E-state index >= 15 is 0 Å². The van der Waals surface area contributed by atoms with Gasteiger partial charge in [0.1, 0.15) is 5.75 Å². The summed E-state index contributed by atoms with van der Waals surface area (Å²) in [4.78, 5) is 4.46. The maximum Gasteiger partial charge on any atom is 0.119 e. The van der Waals surface area contributed by atoms with Gasteiger partial charge in [0.05, 0.1) is 6.61 Å². The van der Waals surface area contributed by atoms with E-state index in [0.29, 0.717) is 6.61 Å². The Bertz CT molecular complexity index is 537. The van der Waals surface area contributed by atoms with Gasteiger partial charge in [-0.05, 0) is 42.7 Å². The molecule has 0 saturated carbocycles. The van der Waals surface area contributed by atoms with Gasteiger partial charge in [0.15, 0.2) is 0 Å². The molecule has 1 unspecified atom stereocenters. The number of nitrogens with zero attached hydrogens (tertiary/aromatic N) is 1. The summed E-state index contributed by atoms with van der Waals surface area (Å²) in [5.74, 6) is 0.870. The highest BCUT2D eigenvalue weighted by Gasteiger charge is 2.09. The second kappa shape index (κ2) is 7.06. The van der Waals surface area contributed by atoms with E-state index in [4.69, 9.17) is 10.5 Å². The minimum absolute atomic E-state index is 0.0598. The zero-order chi connectivity index (χ0) is 14.4. The summed E-state index contributed by atoms with van der Waals surface area (Å²) in [6.45, 7) is 4.77. The third-order valence-corrected chi connectivity index (χ3v) is 3.32. The Morgan fingerprint density at radius 1 is 1.20 bits per heavy atom. The summed E-state index contributed by atoms with van der Waals surface area (Å²) in [6, 6.07) is 12.1. The largest absolute Gasteiger partial charge is 0.494 e. The molecule has 0 bridgehead atoms. The molecule has 3 nitrogen and oxygen atoms in total. The van der Waals surface area contributed by atoms with E-state index in [2.05, 4.69) is 24.0 Å². The van der Waals surface area contributed by atoms with Gasteiger partial charge < -0.3 is 10.5 Å². The first kappa shape index (κ1) is 14.5. The Labute approximate surface area is 120 Å². The molecule has 0 aliphatic rings. The first-order chi connectivity index (χ1) is 9.72. The molecule has 2 N–H and O–H groups in total. The van der Waals surface area contributed by atoms with Gasteiger partial charge in [-0.25, -0.2) is 0 Å². The van der Waals surface area contributed by atoms with Crippen molar-refractivity contribution in [3.8, 4) is 5.75 Å². The van der Waals surface area contributed by atoms with Crippen LogP contribution in [0.15, 0.2) is 42.6 Å². The third kappa shape index (κ3) is 3.81. The van der Waals surface area contributed by atoms with E-state index in [0.717, 1.165) is 29.8 Å². The number of ether oxygens (including phenoxy) is 1. The molecule has 0 saturated heterocycles. The standard InChI is InChI=1S/C17H22N2O/c1-3-13-8-9-15(19-12-13)11-17(18)14-6-5-7-16(10-14)20-4-2/h5-10,12,17H,3-4,11,18H2,1-2H3. The van der Waals surface area contributed by atoms with Gasteiger partial charge in [-0.15, -0.1) is 0 Å². The second-order valence-electron chi connectivity index (χ2n) is 4.83. The van der Waals surface area contributed by atoms with E-state index < -0.39 is 0 Å². The number of rotatable bonds is 6. The molecule has 1 atom stereocenters. The van der Waals surface area contributed by atoms with Crippen molar-refractivity contribution in [1.29, 1.82) is 0 Å². The number of aromatic nitrogens is 1. The molecule has 20 heavy (non-hydrogen) atoms. The molecular formula is C17H22N2O. The quantitative estimate of drug-likeness (QED) is 0.876. The van der Waals surface area contributed by atoms with Crippen molar-refractivity contribution in [1.82, 2.24) is 4.98 Å². The van der Waals surface area contributed by atoms with Crippen molar-refractivity contribution >= 4 is 0 Å². The lowest BCUT2D eigenvalue weighted by Crippen LogP contribution is -2.14. The van der Waals surface area contributed by atoms with E-state index in [1.165, 1.54) is 5.56 Å². The van der Waals surface area contributed by atoms with Gasteiger partial charge in [-0.3, -0.25) is 4.98 Å². The number of hydrogen-bond acceptors (Lipinski definition) is 3. The molecule has 0 aliphatic heterocycles. The third-order valence-electron chi connectivity index (χ3n) is 3.32. The molecule has 0 amide bonds. The summed E-state index contributed by atoms with van der Waals surface area (Å²) < 4.78 is 5.51. The molecular weight excluding hydrogens is 248 g/mol. The van der Waals surface area contributed by atoms with Crippen molar-refractivity contribution in [2.75, 3.05) is 6.61 Å². The lowest BCUT2D eigenvalue weighted by atomic mass is 10.0. The smallest absolute Gasteiger partial charge is 0.119 e. The molecule has 1 heterocycles. The highest BCUT2D eigenvalue weighted by molar-refractivity contribution is 5.31. The molecule has 0 radical (unpaired) electrons. The predicted octanol–water partition coefficient (Wildman–Crippen LogP) is 3.29. The van der Waals surface area contributed by atoms with Gasteiger partial charge in [0.25, 0.3) is 0 Å². The fourth-order valence-corrected chi connectivity index (χ4v) is 2.13. The maximum atomic E-state index is 6.27. The molecule has 1 aromatic carbocycles. The summed E-state index contributed by atoms with van der Waals surface area (Å²) in [5, 5.41) is 0. The van der Waals surface area contributed by atoms with Crippen LogP contribution in [0.4, 0.5) is 0 Å². The first-order valence-electron chi connectivity index (χ1n) is 7.15. The monoisotopic (exact) mass is 270 g/mol. The maximum absolute atomic E-state index is 6.27. The van der Waals surface area contributed by atoms with Gasteiger partial charge in [-0.1, -0.05) is 25.1 Å². The summed E-state index contributed by atoms with van der Waals surface area (Å²) in [5.41, 5.74) is 9.62. The highest BCUT2D eigenvalue weighted by atomic mass is 16.5. The van der Waals surface area contributed by atoms with Crippen molar-refractivity contribution in [2.45, 2.75) is 32.7 Å². The number of pyridine rings is 1. The number of benzene rings is 1. The molecule has 3 heteroatoms. The predicted molar refractivity (Wildman–Crippen MR) is 81.9 cm³/mol. The van der Waals surface area contributed by atoms with Crippen molar-refractivity contribution in [3.63, 3.8) is 0 Å². The van der Waals surface area contributed by atoms with Crippen LogP contribution in [0.3, 0.4) is 0 Å². The lowest BCUT2D eigenvalue weighted by Gasteiger charge is -2.13. The highest BCUT2D eigenvalue weighted by Crippen LogP contribution is 2.20. The van der Waals surface area contributed by atoms with Crippen molar-refractivity contribution in [2.24, 2.45) is 5.73 Å². The van der Waals surface area contributed by atoms with Gasteiger partial charge in [0.2, 0.25) is 0 Å². The van der Waals surface area contributed by atoms with Crippen LogP contribution in [-0.4, -0.2) is 11.6 Å². The zero-order valence-electron chi connectivity index (χ0n) is 12.2. The molecule has 0 spiro atoms. The van der Waals surface area contributed by atoms with Crippen molar-refractivity contribution in [3.05, 3.63) is 59.4 Å². The fraction of sp³-hybridized carbons (Fsp3) is 0.353. The normalized spacial score (nSPS) is 12.2. The average Bonchev–Trinajstić information content (AvgIpc) is 2.48. The second-order valence-corrected chi connectivity index (χ2v) is 4.83. The van der Waals surface area contributed by atoms with Crippen LogP contribution in [0, 0.1) is 0 Å². The summed E-state index contributed by atoms with van der Waals surface area (Å²) >= 11 is 0. The average molecular weight is 270 g/mol. The molecule has 1 aromatic heterocycles. The Balaban J connectivity index is 2.06. The van der Waals surface area contributed by atoms with Crippen LogP contribution in [0.1, 0.15) is 36.7 Å². The SMILES string of the molecule is CCOc1cccc(C(N)Cc2ccc(CC)cn2)c1. The number of hydrogen-bond donors (Lipinski definition) is 1. The van der Waals surface area contributed by atoms with Crippen LogP contribution in [-0.2, 0) is 12.8 Å². The Kier molecular flexibility index (Phi) is 5.13. The zero-order valence-corrected chi connectivity index (χ0v) is 12.2. The van der Waals surface area contributed by atoms with Gasteiger partial charge in [0, 0.05) is 24.4 Å². The van der Waals surface area contributed by atoms with Crippen molar-refractivity contribution < 1.29 is 4.74 Å².